The van der Waals surface area contributed by atoms with Gasteiger partial charge in [-0.1, -0.05) is 25.2 Å². The molecule has 1 N–H and O–H groups in total. The van der Waals surface area contributed by atoms with Gasteiger partial charge in [-0.3, -0.25) is 0 Å². The van der Waals surface area contributed by atoms with E-state index in [1.807, 2.05) is 0 Å². The standard InChI is InChI=1S/C13H18BrN3S2/c1-9(2)7-15-5-3-4-12-16-17-13(19-12)10-6-11(14)18-8-10/h6,8-9,15H,3-5,7H2,1-2H3. The van der Waals surface area contributed by atoms with Crippen molar-refractivity contribution in [3.05, 3.63) is 20.2 Å². The van der Waals surface area contributed by atoms with Crippen LogP contribution < -0.4 is 5.32 Å². The molecule has 0 spiro atoms. The van der Waals surface area contributed by atoms with Crippen molar-refractivity contribution in [2.45, 2.75) is 26.7 Å². The Labute approximate surface area is 130 Å². The van der Waals surface area contributed by atoms with E-state index in [1.165, 1.54) is 5.56 Å². The highest BCUT2D eigenvalue weighted by atomic mass is 79.9. The molecule has 0 atom stereocenters. The van der Waals surface area contributed by atoms with Gasteiger partial charge in [-0.25, -0.2) is 0 Å². The van der Waals surface area contributed by atoms with Crippen LogP contribution in [0.15, 0.2) is 15.2 Å². The van der Waals surface area contributed by atoms with E-state index in [0.717, 1.165) is 39.7 Å². The van der Waals surface area contributed by atoms with Crippen LogP contribution in [0.25, 0.3) is 10.6 Å². The van der Waals surface area contributed by atoms with Gasteiger partial charge in [0.25, 0.3) is 0 Å². The molecule has 19 heavy (non-hydrogen) atoms. The van der Waals surface area contributed by atoms with Gasteiger partial charge in [0.1, 0.15) is 10.0 Å². The predicted molar refractivity (Wildman–Crippen MR) is 87.0 cm³/mol. The molecule has 0 radical (unpaired) electrons. The first-order valence-corrected chi connectivity index (χ1v) is 8.91. The summed E-state index contributed by atoms with van der Waals surface area (Å²) in [6.45, 7) is 6.59. The van der Waals surface area contributed by atoms with Crippen molar-refractivity contribution in [2.24, 2.45) is 5.92 Å². The van der Waals surface area contributed by atoms with Crippen LogP contribution in [-0.2, 0) is 6.42 Å². The minimum Gasteiger partial charge on any atom is -0.316 e. The highest BCUT2D eigenvalue weighted by Crippen LogP contribution is 2.31. The molecule has 0 aromatic carbocycles. The number of aromatic nitrogens is 2. The Morgan fingerprint density at radius 1 is 1.37 bits per heavy atom. The lowest BCUT2D eigenvalue weighted by Crippen LogP contribution is -2.21. The van der Waals surface area contributed by atoms with Gasteiger partial charge in [0, 0.05) is 17.4 Å². The molecule has 2 aromatic heterocycles. The topological polar surface area (TPSA) is 37.8 Å². The second-order valence-electron chi connectivity index (χ2n) is 4.84. The Morgan fingerprint density at radius 3 is 2.89 bits per heavy atom. The lowest BCUT2D eigenvalue weighted by Gasteiger charge is -2.05. The van der Waals surface area contributed by atoms with Crippen molar-refractivity contribution in [3.8, 4) is 10.6 Å². The maximum Gasteiger partial charge on any atom is 0.148 e. The maximum atomic E-state index is 4.26. The summed E-state index contributed by atoms with van der Waals surface area (Å²) in [5, 5.41) is 16.2. The van der Waals surface area contributed by atoms with Crippen molar-refractivity contribution in [3.63, 3.8) is 0 Å². The van der Waals surface area contributed by atoms with Crippen LogP contribution in [0.3, 0.4) is 0 Å². The zero-order valence-electron chi connectivity index (χ0n) is 11.1. The molecule has 0 aliphatic carbocycles. The molecule has 0 aliphatic heterocycles. The lowest BCUT2D eigenvalue weighted by atomic mass is 10.2. The van der Waals surface area contributed by atoms with Crippen molar-refractivity contribution in [1.29, 1.82) is 0 Å². The van der Waals surface area contributed by atoms with Crippen molar-refractivity contribution in [2.75, 3.05) is 13.1 Å². The third kappa shape index (κ3) is 4.95. The lowest BCUT2D eigenvalue weighted by molar-refractivity contribution is 0.542. The molecule has 2 aromatic rings. The second-order valence-corrected chi connectivity index (χ2v) is 8.19. The number of nitrogens with one attached hydrogen (secondary N) is 1. The normalized spacial score (nSPS) is 11.4. The van der Waals surface area contributed by atoms with Gasteiger partial charge in [-0.2, -0.15) is 0 Å². The SMILES string of the molecule is CC(C)CNCCCc1nnc(-c2csc(Br)c2)s1. The van der Waals surface area contributed by atoms with E-state index in [2.05, 4.69) is 56.7 Å². The Balaban J connectivity index is 1.78. The van der Waals surface area contributed by atoms with Crippen LogP contribution in [-0.4, -0.2) is 23.3 Å². The Hall–Kier alpha value is -0.300. The number of aryl methyl sites for hydroxylation is 1. The molecule has 104 valence electrons. The smallest absolute Gasteiger partial charge is 0.148 e. The van der Waals surface area contributed by atoms with Crippen LogP contribution >= 0.6 is 38.6 Å². The molecular formula is C13H18BrN3S2. The van der Waals surface area contributed by atoms with Crippen LogP contribution in [0.5, 0.6) is 0 Å². The molecule has 0 saturated carbocycles. The molecule has 2 heterocycles. The first-order valence-electron chi connectivity index (χ1n) is 6.42. The summed E-state index contributed by atoms with van der Waals surface area (Å²) in [7, 11) is 0. The van der Waals surface area contributed by atoms with E-state index in [1.54, 1.807) is 22.7 Å². The Bertz CT molecular complexity index is 507. The Kier molecular flexibility index (Phi) is 5.94. The molecule has 0 aliphatic rings. The van der Waals surface area contributed by atoms with E-state index in [4.69, 9.17) is 0 Å². The summed E-state index contributed by atoms with van der Waals surface area (Å²) < 4.78 is 1.14. The zero-order valence-corrected chi connectivity index (χ0v) is 14.4. The van der Waals surface area contributed by atoms with E-state index in [-0.39, 0.29) is 0 Å². The summed E-state index contributed by atoms with van der Waals surface area (Å²) in [4.78, 5) is 0. The fourth-order valence-electron chi connectivity index (χ4n) is 1.65. The van der Waals surface area contributed by atoms with E-state index < -0.39 is 0 Å². The van der Waals surface area contributed by atoms with Gasteiger partial charge in [-0.15, -0.1) is 21.5 Å². The number of hydrogen-bond donors (Lipinski definition) is 1. The third-order valence-electron chi connectivity index (χ3n) is 2.58. The van der Waals surface area contributed by atoms with Crippen LogP contribution in [0.4, 0.5) is 0 Å². The van der Waals surface area contributed by atoms with Crippen LogP contribution in [0.2, 0.25) is 0 Å². The summed E-state index contributed by atoms with van der Waals surface area (Å²) >= 11 is 6.85. The van der Waals surface area contributed by atoms with E-state index >= 15 is 0 Å². The molecule has 6 heteroatoms. The summed E-state index contributed by atoms with van der Waals surface area (Å²) in [6, 6.07) is 2.10. The maximum absolute atomic E-state index is 4.26. The third-order valence-corrected chi connectivity index (χ3v) is 5.11. The van der Waals surface area contributed by atoms with Crippen LogP contribution in [0, 0.1) is 5.92 Å². The van der Waals surface area contributed by atoms with Gasteiger partial charge in [0.15, 0.2) is 0 Å². The van der Waals surface area contributed by atoms with Crippen molar-refractivity contribution >= 4 is 38.6 Å². The predicted octanol–water partition coefficient (Wildman–Crippen LogP) is 4.21. The number of thiophene rings is 1. The summed E-state index contributed by atoms with van der Waals surface area (Å²) in [5.74, 6) is 0.713. The largest absolute Gasteiger partial charge is 0.316 e. The number of nitrogens with zero attached hydrogens (tertiary/aromatic N) is 2. The van der Waals surface area contributed by atoms with E-state index in [9.17, 15) is 0 Å². The first kappa shape index (κ1) is 15.1. The van der Waals surface area contributed by atoms with Crippen molar-refractivity contribution in [1.82, 2.24) is 15.5 Å². The molecule has 0 fully saturated rings. The minimum absolute atomic E-state index is 0.713. The molecule has 0 unspecified atom stereocenters. The van der Waals surface area contributed by atoms with Gasteiger partial charge in [0.2, 0.25) is 0 Å². The number of rotatable bonds is 7. The monoisotopic (exact) mass is 359 g/mol. The van der Waals surface area contributed by atoms with E-state index in [0.29, 0.717) is 5.92 Å². The Morgan fingerprint density at radius 2 is 2.21 bits per heavy atom. The molecule has 0 saturated heterocycles. The van der Waals surface area contributed by atoms with Gasteiger partial charge in [0.05, 0.1) is 3.79 Å². The highest BCUT2D eigenvalue weighted by Gasteiger charge is 2.08. The van der Waals surface area contributed by atoms with Gasteiger partial charge < -0.3 is 5.32 Å². The minimum atomic E-state index is 0.713. The average molecular weight is 360 g/mol. The molecular weight excluding hydrogens is 342 g/mol. The van der Waals surface area contributed by atoms with Gasteiger partial charge >= 0.3 is 0 Å². The fraction of sp³-hybridized carbons (Fsp3) is 0.538. The summed E-state index contributed by atoms with van der Waals surface area (Å²) in [5.41, 5.74) is 1.17. The average Bonchev–Trinajstić information content (AvgIpc) is 2.97. The molecule has 0 amide bonds. The molecule has 0 bridgehead atoms. The zero-order chi connectivity index (χ0) is 13.7. The van der Waals surface area contributed by atoms with Crippen molar-refractivity contribution < 1.29 is 0 Å². The first-order chi connectivity index (χ1) is 9.15. The quantitative estimate of drug-likeness (QED) is 0.752. The second kappa shape index (κ2) is 7.47. The number of halogens is 1. The molecule has 2 rings (SSSR count). The van der Waals surface area contributed by atoms with Crippen LogP contribution in [0.1, 0.15) is 25.3 Å². The number of hydrogen-bond acceptors (Lipinski definition) is 5. The fourth-order valence-corrected chi connectivity index (χ4v) is 3.73. The highest BCUT2D eigenvalue weighted by molar-refractivity contribution is 9.11. The summed E-state index contributed by atoms with van der Waals surface area (Å²) in [6.07, 6.45) is 2.13. The van der Waals surface area contributed by atoms with Gasteiger partial charge in [-0.05, 0) is 47.4 Å². The molecule has 3 nitrogen and oxygen atoms in total.